The van der Waals surface area contributed by atoms with Crippen molar-refractivity contribution >= 4 is 6.29 Å². The molecule has 0 heterocycles. The van der Waals surface area contributed by atoms with Crippen molar-refractivity contribution in [3.63, 3.8) is 0 Å². The molecule has 0 aliphatic rings. The Kier molecular flexibility index (Phi) is 2.82. The van der Waals surface area contributed by atoms with Crippen LogP contribution in [0.5, 0.6) is 0 Å². The summed E-state index contributed by atoms with van der Waals surface area (Å²) in [6.45, 7) is 1.92. The Balaban J connectivity index is 2.59. The fourth-order valence-corrected chi connectivity index (χ4v) is 1.70. The molecule has 0 spiro atoms. The molecule has 0 aliphatic heterocycles. The Morgan fingerprint density at radius 3 is 2.62 bits per heavy atom. The van der Waals surface area contributed by atoms with Crippen molar-refractivity contribution in [2.45, 2.75) is 6.92 Å². The molecule has 0 fully saturated rings. The van der Waals surface area contributed by atoms with Crippen LogP contribution in [-0.4, -0.2) is 6.29 Å². The lowest BCUT2D eigenvalue weighted by Crippen LogP contribution is -1.89. The average molecular weight is 214 g/mol. The van der Waals surface area contributed by atoms with Crippen LogP contribution in [0.15, 0.2) is 42.5 Å². The second-order valence-electron chi connectivity index (χ2n) is 3.72. The second kappa shape index (κ2) is 4.27. The van der Waals surface area contributed by atoms with E-state index in [1.54, 1.807) is 18.2 Å². The van der Waals surface area contributed by atoms with Gasteiger partial charge >= 0.3 is 0 Å². The van der Waals surface area contributed by atoms with Crippen LogP contribution in [0.25, 0.3) is 11.1 Å². The topological polar surface area (TPSA) is 17.1 Å². The number of aldehydes is 1. The van der Waals surface area contributed by atoms with Gasteiger partial charge in [0.2, 0.25) is 0 Å². The lowest BCUT2D eigenvalue weighted by atomic mass is 9.98. The fourth-order valence-electron chi connectivity index (χ4n) is 1.70. The zero-order valence-corrected chi connectivity index (χ0v) is 8.91. The first-order valence-corrected chi connectivity index (χ1v) is 5.02. The molecule has 0 N–H and O–H groups in total. The summed E-state index contributed by atoms with van der Waals surface area (Å²) in [5.41, 5.74) is 3.09. The van der Waals surface area contributed by atoms with Crippen molar-refractivity contribution in [2.75, 3.05) is 0 Å². The van der Waals surface area contributed by atoms with Crippen molar-refractivity contribution in [1.29, 1.82) is 0 Å². The third-order valence-corrected chi connectivity index (χ3v) is 2.47. The van der Waals surface area contributed by atoms with Crippen LogP contribution < -0.4 is 0 Å². The molecule has 0 radical (unpaired) electrons. The number of carbonyl (C=O) groups excluding carboxylic acids is 1. The Morgan fingerprint density at radius 1 is 1.12 bits per heavy atom. The Bertz CT molecular complexity index is 532. The molecule has 0 atom stereocenters. The van der Waals surface area contributed by atoms with Gasteiger partial charge in [-0.3, -0.25) is 4.79 Å². The number of hydrogen-bond donors (Lipinski definition) is 0. The highest BCUT2D eigenvalue weighted by Gasteiger charge is 2.05. The van der Waals surface area contributed by atoms with Crippen LogP contribution in [0.4, 0.5) is 4.39 Å². The summed E-state index contributed by atoms with van der Waals surface area (Å²) in [5.74, 6) is -0.296. The van der Waals surface area contributed by atoms with Crippen molar-refractivity contribution in [3.05, 3.63) is 59.4 Å². The maximum atomic E-state index is 13.1. The molecule has 1 nitrogen and oxygen atoms in total. The van der Waals surface area contributed by atoms with Crippen LogP contribution in [0.2, 0.25) is 0 Å². The van der Waals surface area contributed by atoms with E-state index in [2.05, 4.69) is 0 Å². The maximum Gasteiger partial charge on any atom is 0.150 e. The molecule has 0 amide bonds. The minimum absolute atomic E-state index is 0.296. The van der Waals surface area contributed by atoms with E-state index < -0.39 is 0 Å². The van der Waals surface area contributed by atoms with E-state index in [1.807, 2.05) is 19.1 Å². The summed E-state index contributed by atoms with van der Waals surface area (Å²) in [5, 5.41) is 0. The molecular formula is C14H11FO. The Hall–Kier alpha value is -1.96. The van der Waals surface area contributed by atoms with Crippen molar-refractivity contribution in [1.82, 2.24) is 0 Å². The molecular weight excluding hydrogens is 203 g/mol. The van der Waals surface area contributed by atoms with Crippen LogP contribution >= 0.6 is 0 Å². The molecule has 0 aliphatic carbocycles. The van der Waals surface area contributed by atoms with E-state index in [9.17, 15) is 9.18 Å². The Labute approximate surface area is 93.5 Å². The van der Waals surface area contributed by atoms with Gasteiger partial charge in [-0.1, -0.05) is 29.8 Å². The first-order valence-electron chi connectivity index (χ1n) is 5.02. The van der Waals surface area contributed by atoms with Crippen LogP contribution in [-0.2, 0) is 0 Å². The minimum atomic E-state index is -0.296. The number of halogens is 1. The molecule has 2 aromatic rings. The lowest BCUT2D eigenvalue weighted by molar-refractivity contribution is 0.112. The second-order valence-corrected chi connectivity index (χ2v) is 3.72. The average Bonchev–Trinajstić information content (AvgIpc) is 2.28. The third-order valence-electron chi connectivity index (χ3n) is 2.47. The van der Waals surface area contributed by atoms with E-state index in [4.69, 9.17) is 0 Å². The normalized spacial score (nSPS) is 10.1. The standard InChI is InChI=1S/C14H11FO/c1-10-5-6-14(12(7-10)9-16)11-3-2-4-13(15)8-11/h2-9H,1H3. The van der Waals surface area contributed by atoms with Gasteiger partial charge in [0.1, 0.15) is 5.82 Å². The molecule has 16 heavy (non-hydrogen) atoms. The quantitative estimate of drug-likeness (QED) is 0.698. The highest BCUT2D eigenvalue weighted by molar-refractivity contribution is 5.87. The number of benzene rings is 2. The van der Waals surface area contributed by atoms with Gasteiger partial charge in [-0.05, 0) is 36.2 Å². The number of rotatable bonds is 2. The Morgan fingerprint density at radius 2 is 1.94 bits per heavy atom. The SMILES string of the molecule is Cc1ccc(-c2cccc(F)c2)c(C=O)c1. The van der Waals surface area contributed by atoms with E-state index in [0.29, 0.717) is 5.56 Å². The summed E-state index contributed by atoms with van der Waals surface area (Å²) in [4.78, 5) is 10.9. The van der Waals surface area contributed by atoms with Gasteiger partial charge in [0.25, 0.3) is 0 Å². The molecule has 2 heteroatoms. The maximum absolute atomic E-state index is 13.1. The largest absolute Gasteiger partial charge is 0.298 e. The highest BCUT2D eigenvalue weighted by atomic mass is 19.1. The number of hydrogen-bond acceptors (Lipinski definition) is 1. The number of carbonyl (C=O) groups is 1. The van der Waals surface area contributed by atoms with Crippen LogP contribution in [0, 0.1) is 12.7 Å². The van der Waals surface area contributed by atoms with Crippen LogP contribution in [0.3, 0.4) is 0 Å². The van der Waals surface area contributed by atoms with E-state index in [0.717, 1.165) is 23.0 Å². The van der Waals surface area contributed by atoms with Crippen molar-refractivity contribution < 1.29 is 9.18 Å². The van der Waals surface area contributed by atoms with Gasteiger partial charge in [-0.25, -0.2) is 4.39 Å². The van der Waals surface area contributed by atoms with Crippen molar-refractivity contribution in [2.24, 2.45) is 0 Å². The van der Waals surface area contributed by atoms with E-state index >= 15 is 0 Å². The van der Waals surface area contributed by atoms with E-state index in [1.165, 1.54) is 12.1 Å². The zero-order chi connectivity index (χ0) is 11.5. The number of aryl methyl sites for hydroxylation is 1. The molecule has 0 aromatic heterocycles. The zero-order valence-electron chi connectivity index (χ0n) is 8.91. The summed E-state index contributed by atoms with van der Waals surface area (Å²) in [6, 6.07) is 11.8. The van der Waals surface area contributed by atoms with Gasteiger partial charge < -0.3 is 0 Å². The lowest BCUT2D eigenvalue weighted by Gasteiger charge is -2.06. The predicted molar refractivity (Wildman–Crippen MR) is 62.0 cm³/mol. The summed E-state index contributed by atoms with van der Waals surface area (Å²) in [7, 11) is 0. The third kappa shape index (κ3) is 2.01. The molecule has 2 aromatic carbocycles. The van der Waals surface area contributed by atoms with Gasteiger partial charge in [0.05, 0.1) is 0 Å². The van der Waals surface area contributed by atoms with Crippen LogP contribution in [0.1, 0.15) is 15.9 Å². The summed E-state index contributed by atoms with van der Waals surface area (Å²) < 4.78 is 13.1. The van der Waals surface area contributed by atoms with E-state index in [-0.39, 0.29) is 5.82 Å². The first-order chi connectivity index (χ1) is 7.70. The highest BCUT2D eigenvalue weighted by Crippen LogP contribution is 2.24. The van der Waals surface area contributed by atoms with Crippen molar-refractivity contribution in [3.8, 4) is 11.1 Å². The minimum Gasteiger partial charge on any atom is -0.298 e. The van der Waals surface area contributed by atoms with Gasteiger partial charge in [0, 0.05) is 5.56 Å². The van der Waals surface area contributed by atoms with Gasteiger partial charge in [-0.15, -0.1) is 0 Å². The molecule has 0 unspecified atom stereocenters. The predicted octanol–water partition coefficient (Wildman–Crippen LogP) is 3.61. The summed E-state index contributed by atoms with van der Waals surface area (Å²) in [6.07, 6.45) is 0.799. The molecule has 80 valence electrons. The smallest absolute Gasteiger partial charge is 0.150 e. The summed E-state index contributed by atoms with van der Waals surface area (Å²) >= 11 is 0. The first kappa shape index (κ1) is 10.6. The monoisotopic (exact) mass is 214 g/mol. The molecule has 2 rings (SSSR count). The fraction of sp³-hybridized carbons (Fsp3) is 0.0714. The van der Waals surface area contributed by atoms with Gasteiger partial charge in [0.15, 0.2) is 6.29 Å². The molecule has 0 bridgehead atoms. The van der Waals surface area contributed by atoms with Gasteiger partial charge in [-0.2, -0.15) is 0 Å². The molecule has 0 saturated carbocycles. The molecule has 0 saturated heterocycles.